The smallest absolute Gasteiger partial charge is 0.338 e. The predicted octanol–water partition coefficient (Wildman–Crippen LogP) is 5.85. The van der Waals surface area contributed by atoms with E-state index in [2.05, 4.69) is 15.9 Å². The molecule has 0 spiro atoms. The zero-order valence-electron chi connectivity index (χ0n) is 26.2. The minimum atomic E-state index is -0.828. The quantitative estimate of drug-likeness (QED) is 0.101. The number of rotatable bonds is 12. The fourth-order valence-electron chi connectivity index (χ4n) is 5.25. The van der Waals surface area contributed by atoms with Crippen LogP contribution in [0, 0.1) is 10.1 Å². The normalized spacial score (nSPS) is 14.3. The number of hydrogen-bond donors (Lipinski definition) is 0. The Morgan fingerprint density at radius 1 is 1.04 bits per heavy atom. The van der Waals surface area contributed by atoms with Crippen LogP contribution < -0.4 is 29.1 Å². The van der Waals surface area contributed by atoms with Gasteiger partial charge in [0.2, 0.25) is 0 Å². The van der Waals surface area contributed by atoms with E-state index in [0.29, 0.717) is 55.4 Å². The highest BCUT2D eigenvalue weighted by molar-refractivity contribution is 9.10. The van der Waals surface area contributed by atoms with E-state index in [-0.39, 0.29) is 24.5 Å². The molecule has 1 aliphatic heterocycles. The first kappa shape index (κ1) is 33.6. The van der Waals surface area contributed by atoms with Crippen LogP contribution in [0.15, 0.2) is 86.2 Å². The molecule has 0 saturated heterocycles. The maximum atomic E-state index is 14.2. The molecule has 0 amide bonds. The van der Waals surface area contributed by atoms with Crippen molar-refractivity contribution in [3.05, 3.63) is 123 Å². The molecule has 47 heavy (non-hydrogen) atoms. The van der Waals surface area contributed by atoms with Crippen LogP contribution >= 0.6 is 27.3 Å². The van der Waals surface area contributed by atoms with Gasteiger partial charge >= 0.3 is 5.97 Å². The van der Waals surface area contributed by atoms with Crippen molar-refractivity contribution in [2.45, 2.75) is 39.3 Å². The third-order valence-electron chi connectivity index (χ3n) is 7.41. The maximum absolute atomic E-state index is 14.2. The summed E-state index contributed by atoms with van der Waals surface area (Å²) < 4.78 is 25.4. The van der Waals surface area contributed by atoms with E-state index in [1.165, 1.54) is 35.1 Å². The molecule has 4 aromatic rings. The summed E-state index contributed by atoms with van der Waals surface area (Å²) in [5.41, 5.74) is 2.62. The molecule has 13 heteroatoms. The van der Waals surface area contributed by atoms with Gasteiger partial charge in [0.1, 0.15) is 18.4 Å². The molecule has 244 valence electrons. The number of aromatic nitrogens is 1. The van der Waals surface area contributed by atoms with Gasteiger partial charge in [-0.2, -0.15) is 0 Å². The number of methoxy groups -OCH3 is 2. The standard InChI is InChI=1S/C34H32BrN3O8S/c1-5-7-25-30(33(40)45-6-2)31(24-18-22(35)11-15-26(24)43-3)37-32(39)29(47-34(37)36-25)17-21-10-14-27(28(16-21)44-4)46-19-20-8-12-23(13-9-20)38(41)42/h8-18,31H,5-7,19H2,1-4H3/b29-17+/t31-/m0/s1. The summed E-state index contributed by atoms with van der Waals surface area (Å²) in [5, 5.41) is 10.9. The Bertz CT molecular complexity index is 2040. The highest BCUT2D eigenvalue weighted by Gasteiger charge is 2.36. The molecule has 0 radical (unpaired) electrons. The number of thiazole rings is 1. The average molecular weight is 723 g/mol. The van der Waals surface area contributed by atoms with Crippen LogP contribution in [0.25, 0.3) is 6.08 Å². The number of carbonyl (C=O) groups is 1. The zero-order chi connectivity index (χ0) is 33.7. The van der Waals surface area contributed by atoms with Crippen molar-refractivity contribution in [2.24, 2.45) is 4.99 Å². The van der Waals surface area contributed by atoms with Gasteiger partial charge in [-0.25, -0.2) is 9.79 Å². The van der Waals surface area contributed by atoms with Crippen molar-refractivity contribution in [3.63, 3.8) is 0 Å². The number of non-ortho nitro benzene ring substituents is 1. The number of ether oxygens (including phenoxy) is 4. The van der Waals surface area contributed by atoms with Crippen molar-refractivity contribution < 1.29 is 28.7 Å². The Hall–Kier alpha value is -4.75. The Kier molecular flexibility index (Phi) is 10.6. The highest BCUT2D eigenvalue weighted by atomic mass is 79.9. The minimum Gasteiger partial charge on any atom is -0.496 e. The van der Waals surface area contributed by atoms with Crippen LogP contribution in [-0.4, -0.2) is 36.3 Å². The van der Waals surface area contributed by atoms with Crippen LogP contribution in [-0.2, 0) is 16.1 Å². The molecule has 3 aromatic carbocycles. The Balaban J connectivity index is 1.58. The average Bonchev–Trinajstić information content (AvgIpc) is 3.37. The number of allylic oxidation sites excluding steroid dienone is 1. The molecular weight excluding hydrogens is 690 g/mol. The summed E-state index contributed by atoms with van der Waals surface area (Å²) in [6.07, 6.45) is 3.00. The maximum Gasteiger partial charge on any atom is 0.338 e. The van der Waals surface area contributed by atoms with Crippen LogP contribution in [0.2, 0.25) is 0 Å². The van der Waals surface area contributed by atoms with Crippen LogP contribution in [0.1, 0.15) is 49.4 Å². The third kappa shape index (κ3) is 7.15. The summed E-state index contributed by atoms with van der Waals surface area (Å²) in [7, 11) is 3.06. The van der Waals surface area contributed by atoms with E-state index in [0.717, 1.165) is 16.5 Å². The molecule has 5 rings (SSSR count). The summed E-state index contributed by atoms with van der Waals surface area (Å²) in [6, 6.07) is 16.0. The Morgan fingerprint density at radius 3 is 2.43 bits per heavy atom. The summed E-state index contributed by atoms with van der Waals surface area (Å²) in [5.74, 6) is 0.894. The van der Waals surface area contributed by atoms with Gasteiger partial charge in [-0.1, -0.05) is 46.7 Å². The minimum absolute atomic E-state index is 0.00163. The SMILES string of the molecule is CCCC1=C(C(=O)OCC)[C@H](c2cc(Br)ccc2OC)n2c(s/c(=C/c3ccc(OCc4ccc([N+](=O)[O-])cc4)c(OC)c3)c2=O)=N1. The van der Waals surface area contributed by atoms with Crippen molar-refractivity contribution >= 4 is 45.0 Å². The molecule has 1 aromatic heterocycles. The van der Waals surface area contributed by atoms with Gasteiger partial charge in [0.05, 0.1) is 41.6 Å². The lowest BCUT2D eigenvalue weighted by atomic mass is 9.93. The lowest BCUT2D eigenvalue weighted by Crippen LogP contribution is -2.40. The van der Waals surface area contributed by atoms with E-state index in [9.17, 15) is 19.7 Å². The van der Waals surface area contributed by atoms with Gasteiger partial charge in [-0.3, -0.25) is 19.5 Å². The number of fused-ring (bicyclic) bond motifs is 1. The third-order valence-corrected chi connectivity index (χ3v) is 8.88. The van der Waals surface area contributed by atoms with Crippen LogP contribution in [0.4, 0.5) is 5.69 Å². The fraction of sp³-hybridized carbons (Fsp3) is 0.265. The number of esters is 1. The highest BCUT2D eigenvalue weighted by Crippen LogP contribution is 2.38. The van der Waals surface area contributed by atoms with Crippen molar-refractivity contribution in [2.75, 3.05) is 20.8 Å². The number of nitro benzene ring substituents is 1. The van der Waals surface area contributed by atoms with Gasteiger partial charge in [-0.15, -0.1) is 0 Å². The second kappa shape index (κ2) is 14.8. The zero-order valence-corrected chi connectivity index (χ0v) is 28.6. The number of nitro groups is 1. The Morgan fingerprint density at radius 2 is 1.77 bits per heavy atom. The fourth-order valence-corrected chi connectivity index (χ4v) is 6.65. The molecule has 0 aliphatic carbocycles. The Labute approximate surface area is 282 Å². The number of hydrogen-bond acceptors (Lipinski definition) is 10. The lowest BCUT2D eigenvalue weighted by Gasteiger charge is -2.27. The van der Waals surface area contributed by atoms with Gasteiger partial charge in [0.25, 0.3) is 11.2 Å². The van der Waals surface area contributed by atoms with Gasteiger partial charge in [0.15, 0.2) is 16.3 Å². The predicted molar refractivity (Wildman–Crippen MR) is 181 cm³/mol. The molecule has 0 saturated carbocycles. The summed E-state index contributed by atoms with van der Waals surface area (Å²) in [4.78, 5) is 43.4. The van der Waals surface area contributed by atoms with Gasteiger partial charge in [-0.05, 0) is 73.0 Å². The lowest BCUT2D eigenvalue weighted by molar-refractivity contribution is -0.384. The van der Waals surface area contributed by atoms with Crippen LogP contribution in [0.3, 0.4) is 0 Å². The van der Waals surface area contributed by atoms with Crippen molar-refractivity contribution in [1.82, 2.24) is 4.57 Å². The van der Waals surface area contributed by atoms with Crippen LogP contribution in [0.5, 0.6) is 17.2 Å². The van der Waals surface area contributed by atoms with E-state index in [4.69, 9.17) is 23.9 Å². The molecule has 11 nitrogen and oxygen atoms in total. The molecule has 0 fully saturated rings. The second-order valence-electron chi connectivity index (χ2n) is 10.4. The second-order valence-corrected chi connectivity index (χ2v) is 12.3. The van der Waals surface area contributed by atoms with Gasteiger partial charge in [0, 0.05) is 22.2 Å². The molecule has 0 bridgehead atoms. The largest absolute Gasteiger partial charge is 0.496 e. The number of carbonyl (C=O) groups excluding carboxylic acids is 1. The van der Waals surface area contributed by atoms with E-state index in [1.807, 2.05) is 19.1 Å². The molecule has 1 aliphatic rings. The monoisotopic (exact) mass is 721 g/mol. The van der Waals surface area contributed by atoms with E-state index < -0.39 is 16.9 Å². The number of benzene rings is 3. The first-order chi connectivity index (χ1) is 22.7. The number of halogens is 1. The van der Waals surface area contributed by atoms with Gasteiger partial charge < -0.3 is 18.9 Å². The summed E-state index contributed by atoms with van der Waals surface area (Å²) in [6.45, 7) is 4.09. The topological polar surface area (TPSA) is 131 Å². The molecule has 0 N–H and O–H groups in total. The summed E-state index contributed by atoms with van der Waals surface area (Å²) >= 11 is 4.76. The molecule has 0 unspecified atom stereocenters. The van der Waals surface area contributed by atoms with E-state index in [1.54, 1.807) is 56.5 Å². The van der Waals surface area contributed by atoms with Crippen molar-refractivity contribution in [3.8, 4) is 17.2 Å². The van der Waals surface area contributed by atoms with E-state index >= 15 is 0 Å². The first-order valence-corrected chi connectivity index (χ1v) is 16.4. The molecule has 1 atom stereocenters. The van der Waals surface area contributed by atoms with Crippen molar-refractivity contribution in [1.29, 1.82) is 0 Å². The first-order valence-electron chi connectivity index (χ1n) is 14.8. The number of nitrogens with zero attached hydrogens (tertiary/aromatic N) is 3. The molecular formula is C34H32BrN3O8S. The molecule has 2 heterocycles.